The molecule has 6 nitrogen and oxygen atoms in total. The van der Waals surface area contributed by atoms with E-state index in [1.807, 2.05) is 12.1 Å². The summed E-state index contributed by atoms with van der Waals surface area (Å²) in [7, 11) is 3.82. The van der Waals surface area contributed by atoms with Crippen LogP contribution in [-0.4, -0.2) is 75.9 Å². The van der Waals surface area contributed by atoms with Crippen LogP contribution in [0.1, 0.15) is 38.3 Å². The minimum atomic E-state index is 0.244. The molecule has 1 unspecified atom stereocenters. The Morgan fingerprint density at radius 1 is 1.26 bits per heavy atom. The van der Waals surface area contributed by atoms with Gasteiger partial charge in [-0.1, -0.05) is 25.5 Å². The van der Waals surface area contributed by atoms with Crippen molar-refractivity contribution in [1.29, 1.82) is 0 Å². The summed E-state index contributed by atoms with van der Waals surface area (Å²) in [6.07, 6.45) is 2.36. The van der Waals surface area contributed by atoms with Gasteiger partial charge in [0.05, 0.1) is 32.9 Å². The molecular formula is C21H36N4O2. The summed E-state index contributed by atoms with van der Waals surface area (Å²) in [5.74, 6) is 1.87. The average molecular weight is 377 g/mol. The van der Waals surface area contributed by atoms with Crippen LogP contribution in [-0.2, 0) is 4.74 Å². The number of aliphatic imine (C=N–C) groups is 1. The highest BCUT2D eigenvalue weighted by atomic mass is 16.5. The van der Waals surface area contributed by atoms with Crippen LogP contribution >= 0.6 is 0 Å². The lowest BCUT2D eigenvalue weighted by molar-refractivity contribution is 0.0179. The minimum absolute atomic E-state index is 0.244. The van der Waals surface area contributed by atoms with Gasteiger partial charge in [-0.25, -0.2) is 0 Å². The monoisotopic (exact) mass is 376 g/mol. The number of guanidine groups is 1. The number of methoxy groups -OCH3 is 1. The zero-order chi connectivity index (χ0) is 19.5. The van der Waals surface area contributed by atoms with Crippen LogP contribution in [0.4, 0.5) is 0 Å². The first-order chi connectivity index (χ1) is 13.2. The number of hydrogen-bond acceptors (Lipinski definition) is 4. The minimum Gasteiger partial charge on any atom is -0.497 e. The molecule has 0 radical (unpaired) electrons. The predicted octanol–water partition coefficient (Wildman–Crippen LogP) is 2.77. The molecule has 27 heavy (non-hydrogen) atoms. The van der Waals surface area contributed by atoms with Crippen LogP contribution in [0.5, 0.6) is 5.75 Å². The number of ether oxygens (including phenoxy) is 2. The second kappa shape index (κ2) is 11.8. The van der Waals surface area contributed by atoms with Crippen LogP contribution in [0.25, 0.3) is 0 Å². The van der Waals surface area contributed by atoms with E-state index in [0.717, 1.165) is 57.6 Å². The Kier molecular flexibility index (Phi) is 9.42. The van der Waals surface area contributed by atoms with Gasteiger partial charge in [-0.2, -0.15) is 0 Å². The van der Waals surface area contributed by atoms with E-state index in [4.69, 9.17) is 14.5 Å². The summed E-state index contributed by atoms with van der Waals surface area (Å²) in [6.45, 7) is 10.4. The lowest BCUT2D eigenvalue weighted by Gasteiger charge is -2.34. The molecule has 0 bridgehead atoms. The fraction of sp³-hybridized carbons (Fsp3) is 0.667. The highest BCUT2D eigenvalue weighted by molar-refractivity contribution is 5.79. The van der Waals surface area contributed by atoms with Crippen molar-refractivity contribution in [3.05, 3.63) is 29.8 Å². The number of benzene rings is 1. The lowest BCUT2D eigenvalue weighted by Crippen LogP contribution is -2.42. The van der Waals surface area contributed by atoms with E-state index in [0.29, 0.717) is 0 Å². The zero-order valence-corrected chi connectivity index (χ0v) is 17.4. The molecular weight excluding hydrogens is 340 g/mol. The van der Waals surface area contributed by atoms with Crippen molar-refractivity contribution < 1.29 is 9.47 Å². The van der Waals surface area contributed by atoms with Gasteiger partial charge >= 0.3 is 0 Å². The largest absolute Gasteiger partial charge is 0.497 e. The molecule has 2 rings (SSSR count). The van der Waals surface area contributed by atoms with Gasteiger partial charge in [0.25, 0.3) is 0 Å². The molecule has 0 aliphatic carbocycles. The quantitative estimate of drug-likeness (QED) is 0.530. The highest BCUT2D eigenvalue weighted by Gasteiger charge is 2.23. The molecule has 1 fully saturated rings. The van der Waals surface area contributed by atoms with Gasteiger partial charge in [0.1, 0.15) is 5.75 Å². The molecule has 1 N–H and O–H groups in total. The Bertz CT molecular complexity index is 556. The highest BCUT2D eigenvalue weighted by Crippen LogP contribution is 2.24. The molecule has 0 spiro atoms. The normalized spacial score (nSPS) is 16.8. The van der Waals surface area contributed by atoms with Crippen molar-refractivity contribution in [2.45, 2.75) is 32.7 Å². The van der Waals surface area contributed by atoms with Gasteiger partial charge in [0.2, 0.25) is 0 Å². The lowest BCUT2D eigenvalue weighted by atomic mass is 10.0. The van der Waals surface area contributed by atoms with Crippen LogP contribution < -0.4 is 10.1 Å². The summed E-state index contributed by atoms with van der Waals surface area (Å²) in [6, 6.07) is 8.62. The SMILES string of the molecule is CCCCN(C)C(=NCC(c1ccc(OC)cc1)N1CCOCC1)NCC. The standard InChI is InChI=1S/C21H36N4O2/c1-5-7-12-24(3)21(22-6-2)23-17-20(25-13-15-27-16-14-25)18-8-10-19(26-4)11-9-18/h8-11,20H,5-7,12-17H2,1-4H3,(H,22,23). The second-order valence-electron chi connectivity index (χ2n) is 6.91. The van der Waals surface area contributed by atoms with Gasteiger partial charge < -0.3 is 19.7 Å². The molecule has 152 valence electrons. The van der Waals surface area contributed by atoms with Crippen LogP contribution in [0.15, 0.2) is 29.3 Å². The summed E-state index contributed by atoms with van der Waals surface area (Å²) in [5, 5.41) is 3.43. The maximum Gasteiger partial charge on any atom is 0.193 e. The Morgan fingerprint density at radius 2 is 1.96 bits per heavy atom. The number of morpholine rings is 1. The van der Waals surface area contributed by atoms with Crippen LogP contribution in [0.3, 0.4) is 0 Å². The first-order valence-corrected chi connectivity index (χ1v) is 10.1. The molecule has 1 aromatic rings. The molecule has 1 saturated heterocycles. The number of nitrogens with one attached hydrogen (secondary N) is 1. The summed E-state index contributed by atoms with van der Waals surface area (Å²) in [5.41, 5.74) is 1.27. The van der Waals surface area contributed by atoms with Crippen molar-refractivity contribution in [1.82, 2.24) is 15.1 Å². The average Bonchev–Trinajstić information content (AvgIpc) is 2.72. The maximum atomic E-state index is 5.55. The first kappa shape index (κ1) is 21.5. The summed E-state index contributed by atoms with van der Waals surface area (Å²) < 4.78 is 10.9. The predicted molar refractivity (Wildman–Crippen MR) is 112 cm³/mol. The van der Waals surface area contributed by atoms with E-state index >= 15 is 0 Å². The number of rotatable bonds is 9. The van der Waals surface area contributed by atoms with E-state index in [-0.39, 0.29) is 6.04 Å². The summed E-state index contributed by atoms with van der Waals surface area (Å²) >= 11 is 0. The Balaban J connectivity index is 2.17. The van der Waals surface area contributed by atoms with Crippen LogP contribution in [0, 0.1) is 0 Å². The topological polar surface area (TPSA) is 49.3 Å². The Morgan fingerprint density at radius 3 is 2.56 bits per heavy atom. The molecule has 6 heteroatoms. The third-order valence-corrected chi connectivity index (χ3v) is 4.94. The molecule has 1 heterocycles. The fourth-order valence-corrected chi connectivity index (χ4v) is 3.29. The molecule has 1 aromatic carbocycles. The molecule has 0 saturated carbocycles. The van der Waals surface area contributed by atoms with E-state index in [2.05, 4.69) is 48.1 Å². The third-order valence-electron chi connectivity index (χ3n) is 4.94. The zero-order valence-electron chi connectivity index (χ0n) is 17.4. The summed E-state index contributed by atoms with van der Waals surface area (Å²) in [4.78, 5) is 9.69. The van der Waals surface area contributed by atoms with Crippen molar-refractivity contribution >= 4 is 5.96 Å². The maximum absolute atomic E-state index is 5.55. The third kappa shape index (κ3) is 6.70. The number of nitrogens with zero attached hydrogens (tertiary/aromatic N) is 3. The van der Waals surface area contributed by atoms with E-state index in [1.165, 1.54) is 18.4 Å². The fourth-order valence-electron chi connectivity index (χ4n) is 3.29. The molecule has 0 aromatic heterocycles. The van der Waals surface area contributed by atoms with Gasteiger partial charge in [-0.05, 0) is 31.0 Å². The second-order valence-corrected chi connectivity index (χ2v) is 6.91. The molecule has 0 amide bonds. The van der Waals surface area contributed by atoms with Crippen molar-refractivity contribution in [2.24, 2.45) is 4.99 Å². The van der Waals surface area contributed by atoms with Crippen molar-refractivity contribution in [3.63, 3.8) is 0 Å². The van der Waals surface area contributed by atoms with Gasteiger partial charge in [0.15, 0.2) is 5.96 Å². The van der Waals surface area contributed by atoms with Crippen molar-refractivity contribution in [2.75, 3.05) is 60.1 Å². The van der Waals surface area contributed by atoms with E-state index < -0.39 is 0 Å². The van der Waals surface area contributed by atoms with Crippen molar-refractivity contribution in [3.8, 4) is 5.75 Å². The molecule has 1 atom stereocenters. The molecule has 1 aliphatic rings. The number of unbranched alkanes of at least 4 members (excludes halogenated alkanes) is 1. The van der Waals surface area contributed by atoms with E-state index in [1.54, 1.807) is 7.11 Å². The Labute approximate surface area is 164 Å². The van der Waals surface area contributed by atoms with Crippen LogP contribution in [0.2, 0.25) is 0 Å². The Hall–Kier alpha value is -1.79. The van der Waals surface area contributed by atoms with Gasteiger partial charge in [-0.3, -0.25) is 9.89 Å². The first-order valence-electron chi connectivity index (χ1n) is 10.1. The van der Waals surface area contributed by atoms with E-state index in [9.17, 15) is 0 Å². The smallest absolute Gasteiger partial charge is 0.193 e. The van der Waals surface area contributed by atoms with Gasteiger partial charge in [0, 0.05) is 33.2 Å². The molecule has 1 aliphatic heterocycles. The van der Waals surface area contributed by atoms with Gasteiger partial charge in [-0.15, -0.1) is 0 Å². The number of hydrogen-bond donors (Lipinski definition) is 1.